The Labute approximate surface area is 122 Å². The van der Waals surface area contributed by atoms with Crippen molar-refractivity contribution >= 4 is 0 Å². The second kappa shape index (κ2) is 7.81. The highest BCUT2D eigenvalue weighted by atomic mass is 16.5. The van der Waals surface area contributed by atoms with E-state index in [1.165, 1.54) is 0 Å². The summed E-state index contributed by atoms with van der Waals surface area (Å²) in [5.74, 6) is 2.76. The van der Waals surface area contributed by atoms with Crippen molar-refractivity contribution < 1.29 is 9.15 Å². The third kappa shape index (κ3) is 4.93. The molecule has 114 valence electrons. The number of hydrogen-bond acceptors (Lipinski definition) is 4. The topological polar surface area (TPSA) is 37.6 Å². The van der Waals surface area contributed by atoms with Gasteiger partial charge in [0, 0.05) is 19.3 Å². The maximum absolute atomic E-state index is 5.89. The van der Waals surface area contributed by atoms with Gasteiger partial charge in [-0.3, -0.25) is 4.90 Å². The van der Waals surface area contributed by atoms with E-state index >= 15 is 0 Å². The molecule has 0 unspecified atom stereocenters. The minimum atomic E-state index is 0.622. The largest absolute Gasteiger partial charge is 0.463 e. The van der Waals surface area contributed by atoms with E-state index in [4.69, 9.17) is 9.15 Å². The maximum Gasteiger partial charge on any atom is 0.118 e. The van der Waals surface area contributed by atoms with E-state index in [0.29, 0.717) is 12.0 Å². The highest BCUT2D eigenvalue weighted by molar-refractivity contribution is 5.07. The summed E-state index contributed by atoms with van der Waals surface area (Å²) >= 11 is 0. The summed E-state index contributed by atoms with van der Waals surface area (Å²) in [5, 5.41) is 3.41. The zero-order valence-corrected chi connectivity index (χ0v) is 13.0. The van der Waals surface area contributed by atoms with Crippen molar-refractivity contribution in [2.24, 2.45) is 5.92 Å². The van der Waals surface area contributed by atoms with E-state index in [-0.39, 0.29) is 0 Å². The van der Waals surface area contributed by atoms with Crippen molar-refractivity contribution in [2.75, 3.05) is 26.8 Å². The molecule has 0 bridgehead atoms. The lowest BCUT2D eigenvalue weighted by atomic mass is 10.1. The van der Waals surface area contributed by atoms with Gasteiger partial charge in [-0.25, -0.2) is 0 Å². The van der Waals surface area contributed by atoms with Gasteiger partial charge in [-0.05, 0) is 44.5 Å². The molecule has 1 aliphatic rings. The molecule has 0 aliphatic carbocycles. The van der Waals surface area contributed by atoms with Crippen LogP contribution in [0.4, 0.5) is 0 Å². The van der Waals surface area contributed by atoms with Crippen LogP contribution in [-0.4, -0.2) is 37.7 Å². The summed E-state index contributed by atoms with van der Waals surface area (Å²) in [4.78, 5) is 2.38. The maximum atomic E-state index is 5.89. The van der Waals surface area contributed by atoms with Gasteiger partial charge in [0.25, 0.3) is 0 Å². The fraction of sp³-hybridized carbons (Fsp3) is 0.750. The average Bonchev–Trinajstić information content (AvgIpc) is 2.87. The zero-order chi connectivity index (χ0) is 14.4. The van der Waals surface area contributed by atoms with Gasteiger partial charge in [-0.2, -0.15) is 0 Å². The predicted octanol–water partition coefficient (Wildman–Crippen LogP) is 2.64. The van der Waals surface area contributed by atoms with Crippen LogP contribution in [0.3, 0.4) is 0 Å². The Bertz CT molecular complexity index is 384. The molecule has 4 nitrogen and oxygen atoms in total. The van der Waals surface area contributed by atoms with Crippen LogP contribution in [-0.2, 0) is 17.8 Å². The Morgan fingerprint density at radius 1 is 1.25 bits per heavy atom. The number of nitrogens with one attached hydrogen (secondary N) is 1. The summed E-state index contributed by atoms with van der Waals surface area (Å²) in [6, 6.07) is 4.80. The molecule has 4 heteroatoms. The zero-order valence-electron chi connectivity index (χ0n) is 13.0. The Morgan fingerprint density at radius 2 is 1.95 bits per heavy atom. The number of furan rings is 1. The van der Waals surface area contributed by atoms with Crippen molar-refractivity contribution in [3.63, 3.8) is 0 Å². The summed E-state index contributed by atoms with van der Waals surface area (Å²) in [7, 11) is 2.18. The standard InChI is InChI=1S/C16H28N2O2/c1-13(2)10-17-11-15-4-5-16(20-15)12-18(3)14-6-8-19-9-7-14/h4-5,13-14,17H,6-12H2,1-3H3. The van der Waals surface area contributed by atoms with Crippen molar-refractivity contribution in [1.82, 2.24) is 10.2 Å². The van der Waals surface area contributed by atoms with Crippen molar-refractivity contribution in [3.05, 3.63) is 23.7 Å². The lowest BCUT2D eigenvalue weighted by Gasteiger charge is -2.30. The highest BCUT2D eigenvalue weighted by Crippen LogP contribution is 2.17. The van der Waals surface area contributed by atoms with Gasteiger partial charge in [0.05, 0.1) is 13.1 Å². The molecule has 0 saturated carbocycles. The molecule has 1 aromatic rings. The fourth-order valence-electron chi connectivity index (χ4n) is 2.59. The summed E-state index contributed by atoms with van der Waals surface area (Å²) in [5.41, 5.74) is 0. The van der Waals surface area contributed by atoms with Crippen LogP contribution in [0.25, 0.3) is 0 Å². The molecule has 1 aromatic heterocycles. The van der Waals surface area contributed by atoms with Crippen LogP contribution in [0.5, 0.6) is 0 Å². The molecule has 2 heterocycles. The first-order chi connectivity index (χ1) is 9.65. The first-order valence-corrected chi connectivity index (χ1v) is 7.71. The van der Waals surface area contributed by atoms with E-state index in [1.54, 1.807) is 0 Å². The molecule has 1 fully saturated rings. The molecular formula is C16H28N2O2. The molecule has 0 aromatic carbocycles. The minimum absolute atomic E-state index is 0.622. The van der Waals surface area contributed by atoms with Crippen molar-refractivity contribution in [3.8, 4) is 0 Å². The van der Waals surface area contributed by atoms with Crippen LogP contribution in [0.2, 0.25) is 0 Å². The first-order valence-electron chi connectivity index (χ1n) is 7.71. The third-order valence-electron chi connectivity index (χ3n) is 3.79. The molecule has 2 rings (SSSR count). The SMILES string of the molecule is CC(C)CNCc1ccc(CN(C)C2CCOCC2)o1. The number of rotatable bonds is 7. The summed E-state index contributed by atoms with van der Waals surface area (Å²) < 4.78 is 11.3. The number of ether oxygens (including phenoxy) is 1. The van der Waals surface area contributed by atoms with Gasteiger partial charge in [0.2, 0.25) is 0 Å². The second-order valence-corrected chi connectivity index (χ2v) is 6.15. The van der Waals surface area contributed by atoms with E-state index in [2.05, 4.69) is 43.2 Å². The molecule has 1 saturated heterocycles. The molecule has 1 aliphatic heterocycles. The van der Waals surface area contributed by atoms with Crippen LogP contribution in [0.1, 0.15) is 38.2 Å². The van der Waals surface area contributed by atoms with E-state index in [1.807, 2.05) is 0 Å². The molecule has 0 amide bonds. The van der Waals surface area contributed by atoms with Crippen LogP contribution in [0.15, 0.2) is 16.5 Å². The lowest BCUT2D eigenvalue weighted by molar-refractivity contribution is 0.0386. The number of nitrogens with zero attached hydrogens (tertiary/aromatic N) is 1. The minimum Gasteiger partial charge on any atom is -0.463 e. The van der Waals surface area contributed by atoms with E-state index < -0.39 is 0 Å². The van der Waals surface area contributed by atoms with Gasteiger partial charge >= 0.3 is 0 Å². The van der Waals surface area contributed by atoms with E-state index in [0.717, 1.165) is 57.2 Å². The predicted molar refractivity (Wildman–Crippen MR) is 80.6 cm³/mol. The summed E-state index contributed by atoms with van der Waals surface area (Å²) in [6.45, 7) is 8.92. The highest BCUT2D eigenvalue weighted by Gasteiger charge is 2.19. The second-order valence-electron chi connectivity index (χ2n) is 6.15. The third-order valence-corrected chi connectivity index (χ3v) is 3.79. The van der Waals surface area contributed by atoms with Gasteiger partial charge in [-0.15, -0.1) is 0 Å². The molecule has 20 heavy (non-hydrogen) atoms. The van der Waals surface area contributed by atoms with Crippen molar-refractivity contribution in [2.45, 2.75) is 45.8 Å². The van der Waals surface area contributed by atoms with Crippen LogP contribution >= 0.6 is 0 Å². The van der Waals surface area contributed by atoms with Crippen molar-refractivity contribution in [1.29, 1.82) is 0 Å². The molecule has 0 radical (unpaired) electrons. The Morgan fingerprint density at radius 3 is 2.65 bits per heavy atom. The quantitative estimate of drug-likeness (QED) is 0.833. The Balaban J connectivity index is 1.76. The molecule has 0 spiro atoms. The Kier molecular flexibility index (Phi) is 6.07. The van der Waals surface area contributed by atoms with E-state index in [9.17, 15) is 0 Å². The Hall–Kier alpha value is -0.840. The normalized spacial score (nSPS) is 17.2. The lowest BCUT2D eigenvalue weighted by Crippen LogP contribution is -2.36. The van der Waals surface area contributed by atoms with Crippen LogP contribution < -0.4 is 5.32 Å². The average molecular weight is 280 g/mol. The molecule has 1 N–H and O–H groups in total. The number of hydrogen-bond donors (Lipinski definition) is 1. The van der Waals surface area contributed by atoms with Gasteiger partial charge < -0.3 is 14.5 Å². The van der Waals surface area contributed by atoms with Gasteiger partial charge in [0.1, 0.15) is 11.5 Å². The van der Waals surface area contributed by atoms with Crippen LogP contribution in [0, 0.1) is 5.92 Å². The summed E-state index contributed by atoms with van der Waals surface area (Å²) in [6.07, 6.45) is 2.25. The molecule has 0 atom stereocenters. The smallest absolute Gasteiger partial charge is 0.118 e. The molecular weight excluding hydrogens is 252 g/mol. The fourth-order valence-corrected chi connectivity index (χ4v) is 2.59. The monoisotopic (exact) mass is 280 g/mol. The van der Waals surface area contributed by atoms with Gasteiger partial charge in [-0.1, -0.05) is 13.8 Å². The first kappa shape index (κ1) is 15.5. The van der Waals surface area contributed by atoms with Gasteiger partial charge in [0.15, 0.2) is 0 Å².